The van der Waals surface area contributed by atoms with Crippen molar-refractivity contribution in [3.05, 3.63) is 54.0 Å². The molecule has 1 aliphatic rings. The van der Waals surface area contributed by atoms with Crippen molar-refractivity contribution in [3.63, 3.8) is 0 Å². The summed E-state index contributed by atoms with van der Waals surface area (Å²) in [5.41, 5.74) is 11.6. The van der Waals surface area contributed by atoms with E-state index in [4.69, 9.17) is 10.7 Å². The summed E-state index contributed by atoms with van der Waals surface area (Å²) in [4.78, 5) is 30.6. The fraction of sp³-hybridized carbons (Fsp3) is 0.273. The molecule has 8 heteroatoms. The van der Waals surface area contributed by atoms with Gasteiger partial charge in [-0.25, -0.2) is 15.0 Å². The van der Waals surface area contributed by atoms with E-state index in [0.717, 1.165) is 34.3 Å². The number of alkyl halides is 1. The first-order chi connectivity index (χ1) is 14.6. The van der Waals surface area contributed by atoms with E-state index in [2.05, 4.69) is 55.1 Å². The Labute approximate surface area is 183 Å². The van der Waals surface area contributed by atoms with Crippen LogP contribution in [0.2, 0.25) is 0 Å². The average molecular weight is 467 g/mol. The maximum Gasteiger partial charge on any atom is 0.222 e. The van der Waals surface area contributed by atoms with Crippen molar-refractivity contribution in [3.8, 4) is 22.8 Å². The minimum absolute atomic E-state index is 0.168. The fourth-order valence-corrected chi connectivity index (χ4v) is 3.81. The molecular formula is C22H23BrN6O. The lowest BCUT2D eigenvalue weighted by Gasteiger charge is -2.26. The highest BCUT2D eigenvalue weighted by atomic mass is 79.9. The number of anilines is 1. The van der Waals surface area contributed by atoms with Crippen molar-refractivity contribution in [2.24, 2.45) is 0 Å². The molecule has 0 fully saturated rings. The van der Waals surface area contributed by atoms with Gasteiger partial charge in [0.1, 0.15) is 5.69 Å². The third-order valence-electron chi connectivity index (χ3n) is 5.21. The van der Waals surface area contributed by atoms with Crippen LogP contribution < -0.4 is 5.73 Å². The first kappa shape index (κ1) is 20.3. The van der Waals surface area contributed by atoms with Gasteiger partial charge in [-0.15, -0.1) is 0 Å². The zero-order chi connectivity index (χ0) is 21.1. The highest BCUT2D eigenvalue weighted by molar-refractivity contribution is 9.08. The summed E-state index contributed by atoms with van der Waals surface area (Å²) in [5.74, 6) is 1.08. The highest BCUT2D eigenvalue weighted by Gasteiger charge is 2.19. The van der Waals surface area contributed by atoms with Gasteiger partial charge >= 0.3 is 0 Å². The predicted octanol–water partition coefficient (Wildman–Crippen LogP) is 4.04. The van der Waals surface area contributed by atoms with Gasteiger partial charge in [-0.3, -0.25) is 4.79 Å². The number of halogens is 1. The largest absolute Gasteiger partial charge is 0.382 e. The van der Waals surface area contributed by atoms with Gasteiger partial charge in [-0.05, 0) is 23.1 Å². The number of aromatic nitrogens is 4. The van der Waals surface area contributed by atoms with Gasteiger partial charge in [0.25, 0.3) is 0 Å². The second kappa shape index (κ2) is 8.79. The molecule has 1 aliphatic heterocycles. The second-order valence-corrected chi connectivity index (χ2v) is 7.70. The van der Waals surface area contributed by atoms with Crippen LogP contribution in [0.15, 0.2) is 42.7 Å². The molecule has 0 radical (unpaired) electrons. The number of nitrogen functional groups attached to an aromatic ring is 1. The lowest BCUT2D eigenvalue weighted by Crippen LogP contribution is -2.34. The number of amides is 1. The molecule has 0 bridgehead atoms. The number of carbonyl (C=O) groups excluding carboxylic acids is 1. The number of H-pyrrole nitrogens is 1. The zero-order valence-corrected chi connectivity index (χ0v) is 18.3. The second-order valence-electron chi connectivity index (χ2n) is 7.14. The predicted molar refractivity (Wildman–Crippen MR) is 122 cm³/mol. The maximum absolute atomic E-state index is 11.9. The Morgan fingerprint density at radius 1 is 1.23 bits per heavy atom. The van der Waals surface area contributed by atoms with Crippen LogP contribution in [0.1, 0.15) is 31.0 Å². The van der Waals surface area contributed by atoms with Crippen molar-refractivity contribution < 1.29 is 4.79 Å². The molecule has 0 aliphatic carbocycles. The van der Waals surface area contributed by atoms with Crippen molar-refractivity contribution >= 4 is 33.2 Å². The van der Waals surface area contributed by atoms with Crippen LogP contribution in [0.3, 0.4) is 0 Å². The molecule has 154 valence electrons. The number of hydrogen-bond acceptors (Lipinski definition) is 5. The van der Waals surface area contributed by atoms with Gasteiger partial charge in [0.15, 0.2) is 11.6 Å². The number of imidazole rings is 1. The monoisotopic (exact) mass is 466 g/mol. The summed E-state index contributed by atoms with van der Waals surface area (Å²) in [6.07, 6.45) is 6.77. The fourth-order valence-electron chi connectivity index (χ4n) is 3.44. The summed E-state index contributed by atoms with van der Waals surface area (Å²) in [7, 11) is 0. The van der Waals surface area contributed by atoms with Crippen molar-refractivity contribution in [2.45, 2.75) is 25.1 Å². The Bertz CT molecular complexity index is 1090. The molecule has 0 saturated heterocycles. The lowest BCUT2D eigenvalue weighted by atomic mass is 10.0. The standard InChI is InChI=1S/C22H23BrN6O/c1-2-19(30)29-9-7-16(8-10-29)17-12-25-21(24)20(27-17)22-26-13-18(28-22)15-5-3-14(11-23)4-6-15/h3-7,12-13H,2,8-11H2,1H3,(H2,24,25)(H,26,28). The molecule has 7 nitrogen and oxygen atoms in total. The van der Waals surface area contributed by atoms with Gasteiger partial charge in [-0.1, -0.05) is 53.2 Å². The Morgan fingerprint density at radius 3 is 2.70 bits per heavy atom. The third-order valence-corrected chi connectivity index (χ3v) is 5.86. The van der Waals surface area contributed by atoms with Gasteiger partial charge < -0.3 is 15.6 Å². The molecule has 0 unspecified atom stereocenters. The minimum atomic E-state index is 0.168. The number of carbonyl (C=O) groups is 1. The smallest absolute Gasteiger partial charge is 0.222 e. The number of nitrogens with zero attached hydrogens (tertiary/aromatic N) is 4. The van der Waals surface area contributed by atoms with Gasteiger partial charge in [0, 0.05) is 24.8 Å². The van der Waals surface area contributed by atoms with Crippen LogP contribution in [-0.2, 0) is 10.1 Å². The van der Waals surface area contributed by atoms with Gasteiger partial charge in [0.05, 0.1) is 23.8 Å². The maximum atomic E-state index is 11.9. The van der Waals surface area contributed by atoms with E-state index in [1.54, 1.807) is 12.4 Å². The molecule has 4 rings (SSSR count). The first-order valence-electron chi connectivity index (χ1n) is 9.89. The van der Waals surface area contributed by atoms with Crippen LogP contribution in [0.5, 0.6) is 0 Å². The van der Waals surface area contributed by atoms with Gasteiger partial charge in [-0.2, -0.15) is 0 Å². The Balaban J connectivity index is 1.59. The number of aromatic amines is 1. The Hall–Kier alpha value is -3.00. The van der Waals surface area contributed by atoms with Crippen LogP contribution in [-0.4, -0.2) is 43.8 Å². The summed E-state index contributed by atoms with van der Waals surface area (Å²) in [6, 6.07) is 8.24. The van der Waals surface area contributed by atoms with Crippen LogP contribution in [0, 0.1) is 0 Å². The van der Waals surface area contributed by atoms with E-state index in [-0.39, 0.29) is 5.91 Å². The van der Waals surface area contributed by atoms with E-state index in [1.807, 2.05) is 17.9 Å². The normalized spacial score (nSPS) is 13.9. The van der Waals surface area contributed by atoms with Crippen LogP contribution >= 0.6 is 15.9 Å². The molecule has 30 heavy (non-hydrogen) atoms. The summed E-state index contributed by atoms with van der Waals surface area (Å²) in [5, 5.41) is 0.820. The molecule has 0 atom stereocenters. The van der Waals surface area contributed by atoms with Crippen molar-refractivity contribution in [2.75, 3.05) is 18.8 Å². The number of benzene rings is 1. The Kier molecular flexibility index (Phi) is 5.94. The summed E-state index contributed by atoms with van der Waals surface area (Å²) >= 11 is 3.46. The molecule has 3 N–H and O–H groups in total. The van der Waals surface area contributed by atoms with Gasteiger partial charge in [0.2, 0.25) is 5.91 Å². The summed E-state index contributed by atoms with van der Waals surface area (Å²) in [6.45, 7) is 3.17. The molecule has 0 saturated carbocycles. The third kappa shape index (κ3) is 4.14. The molecule has 2 aromatic heterocycles. The molecule has 1 aromatic carbocycles. The van der Waals surface area contributed by atoms with E-state index in [1.165, 1.54) is 5.56 Å². The quantitative estimate of drug-likeness (QED) is 0.552. The van der Waals surface area contributed by atoms with Crippen molar-refractivity contribution in [1.82, 2.24) is 24.8 Å². The van der Waals surface area contributed by atoms with Crippen LogP contribution in [0.4, 0.5) is 5.82 Å². The molecule has 0 spiro atoms. The molecule has 1 amide bonds. The van der Waals surface area contributed by atoms with E-state index in [9.17, 15) is 4.79 Å². The number of hydrogen-bond donors (Lipinski definition) is 2. The lowest BCUT2D eigenvalue weighted by molar-refractivity contribution is -0.130. The summed E-state index contributed by atoms with van der Waals surface area (Å²) < 4.78 is 0. The average Bonchev–Trinajstić information content (AvgIpc) is 3.29. The van der Waals surface area contributed by atoms with Crippen LogP contribution in [0.25, 0.3) is 28.3 Å². The zero-order valence-electron chi connectivity index (χ0n) is 16.7. The number of nitrogens with two attached hydrogens (primary N) is 1. The Morgan fingerprint density at radius 2 is 2.03 bits per heavy atom. The van der Waals surface area contributed by atoms with E-state index < -0.39 is 0 Å². The number of nitrogens with one attached hydrogen (secondary N) is 1. The van der Waals surface area contributed by atoms with E-state index >= 15 is 0 Å². The molecular weight excluding hydrogens is 444 g/mol. The van der Waals surface area contributed by atoms with Crippen molar-refractivity contribution in [1.29, 1.82) is 0 Å². The highest BCUT2D eigenvalue weighted by Crippen LogP contribution is 2.27. The molecule has 3 heterocycles. The molecule has 3 aromatic rings. The minimum Gasteiger partial charge on any atom is -0.382 e. The SMILES string of the molecule is CCC(=O)N1CC=C(c2cnc(N)c(-c3ncc(-c4ccc(CBr)cc4)[nH]3)n2)CC1. The first-order valence-corrected chi connectivity index (χ1v) is 11.0. The van der Waals surface area contributed by atoms with E-state index in [0.29, 0.717) is 36.8 Å². The number of rotatable bonds is 5. The topological polar surface area (TPSA) is 101 Å².